The number of fused-ring (bicyclic) bond motifs is 3. The van der Waals surface area contributed by atoms with Gasteiger partial charge in [-0.15, -0.1) is 0 Å². The molecule has 2 atom stereocenters. The van der Waals surface area contributed by atoms with E-state index in [0.717, 1.165) is 38.6 Å². The Morgan fingerprint density at radius 3 is 2.88 bits per heavy atom. The van der Waals surface area contributed by atoms with E-state index < -0.39 is 0 Å². The van der Waals surface area contributed by atoms with Gasteiger partial charge in [0.25, 0.3) is 0 Å². The summed E-state index contributed by atoms with van der Waals surface area (Å²) in [5.41, 5.74) is 6.94. The van der Waals surface area contributed by atoms with Crippen molar-refractivity contribution >= 4 is 5.91 Å². The van der Waals surface area contributed by atoms with Crippen molar-refractivity contribution in [1.82, 2.24) is 10.6 Å². The summed E-state index contributed by atoms with van der Waals surface area (Å²) < 4.78 is 0. The second kappa shape index (κ2) is 7.63. The maximum atomic E-state index is 12.2. The average Bonchev–Trinajstić information content (AvgIpc) is 3.00. The molecule has 4 rings (SSSR count). The topological polar surface area (TPSA) is 41.1 Å². The second-order valence-corrected chi connectivity index (χ2v) is 7.82. The number of aryl methyl sites for hydroxylation is 1. The molecule has 0 aromatic heterocycles. The zero-order valence-corrected chi connectivity index (χ0v) is 15.6. The molecule has 2 N–H and O–H groups in total. The fraction of sp³-hybridized carbons (Fsp3) is 0.435. The van der Waals surface area contributed by atoms with Crippen LogP contribution < -0.4 is 10.6 Å². The van der Waals surface area contributed by atoms with Gasteiger partial charge in [-0.2, -0.15) is 0 Å². The van der Waals surface area contributed by atoms with E-state index in [0.29, 0.717) is 18.5 Å². The Bertz CT molecular complexity index is 799. The molecule has 1 heterocycles. The molecule has 1 fully saturated rings. The average molecular weight is 348 g/mol. The molecule has 2 aromatic rings. The van der Waals surface area contributed by atoms with Crippen LogP contribution in [0.25, 0.3) is 11.1 Å². The van der Waals surface area contributed by atoms with Gasteiger partial charge in [-0.25, -0.2) is 0 Å². The van der Waals surface area contributed by atoms with E-state index in [-0.39, 0.29) is 5.91 Å². The quantitative estimate of drug-likeness (QED) is 0.736. The largest absolute Gasteiger partial charge is 0.353 e. The summed E-state index contributed by atoms with van der Waals surface area (Å²) in [7, 11) is 0. The minimum atomic E-state index is 0.204. The normalized spacial score (nSPS) is 21.1. The molecule has 3 nitrogen and oxygen atoms in total. The first-order valence-electron chi connectivity index (χ1n) is 9.92. The molecule has 1 amide bonds. The standard InChI is InChI=1S/C23H28N2O/c1-16-13-20(11-12-24-16)25-23(26)8-4-5-17-9-10-19-15-18-6-2-3-7-21(18)22(19)14-17/h2-3,6-7,9-10,14,16,20,24H,4-5,8,11-13,15H2,1H3,(H,25,26). The Hall–Kier alpha value is -2.13. The summed E-state index contributed by atoms with van der Waals surface area (Å²) in [4.78, 5) is 12.2. The van der Waals surface area contributed by atoms with Crippen LogP contribution in [-0.4, -0.2) is 24.5 Å². The number of hydrogen-bond donors (Lipinski definition) is 2. The van der Waals surface area contributed by atoms with Gasteiger partial charge in [0.1, 0.15) is 0 Å². The van der Waals surface area contributed by atoms with Gasteiger partial charge in [0.05, 0.1) is 0 Å². The fourth-order valence-corrected chi connectivity index (χ4v) is 4.34. The summed E-state index contributed by atoms with van der Waals surface area (Å²) in [6.45, 7) is 3.19. The SMILES string of the molecule is CC1CC(NC(=O)CCCc2ccc3c(c2)-c2ccccc2C3)CCN1. The minimum absolute atomic E-state index is 0.204. The van der Waals surface area contributed by atoms with Gasteiger partial charge < -0.3 is 10.6 Å². The summed E-state index contributed by atoms with van der Waals surface area (Å²) in [5.74, 6) is 0.204. The Morgan fingerprint density at radius 2 is 2.00 bits per heavy atom. The number of piperidine rings is 1. The van der Waals surface area contributed by atoms with Gasteiger partial charge in [-0.3, -0.25) is 4.79 Å². The van der Waals surface area contributed by atoms with Crippen molar-refractivity contribution in [2.75, 3.05) is 6.54 Å². The Kier molecular flexibility index (Phi) is 5.07. The van der Waals surface area contributed by atoms with Crippen molar-refractivity contribution in [2.24, 2.45) is 0 Å². The zero-order chi connectivity index (χ0) is 17.9. The number of carbonyl (C=O) groups excluding carboxylic acids is 1. The number of amides is 1. The molecule has 0 saturated carbocycles. The molecule has 0 bridgehead atoms. The number of benzene rings is 2. The van der Waals surface area contributed by atoms with Crippen LogP contribution in [0.1, 0.15) is 49.3 Å². The summed E-state index contributed by atoms with van der Waals surface area (Å²) in [6.07, 6.45) is 5.61. The van der Waals surface area contributed by atoms with Crippen LogP contribution in [0.2, 0.25) is 0 Å². The lowest BCUT2D eigenvalue weighted by atomic mass is 9.99. The van der Waals surface area contributed by atoms with Gasteiger partial charge in [0, 0.05) is 18.5 Å². The van der Waals surface area contributed by atoms with E-state index in [2.05, 4.69) is 60.0 Å². The van der Waals surface area contributed by atoms with Crippen LogP contribution in [0.3, 0.4) is 0 Å². The molecule has 1 aliphatic carbocycles. The summed E-state index contributed by atoms with van der Waals surface area (Å²) in [5, 5.41) is 6.64. The highest BCUT2D eigenvalue weighted by Gasteiger charge is 2.20. The van der Waals surface area contributed by atoms with E-state index >= 15 is 0 Å². The number of rotatable bonds is 5. The smallest absolute Gasteiger partial charge is 0.220 e. The van der Waals surface area contributed by atoms with Gasteiger partial charge >= 0.3 is 0 Å². The van der Waals surface area contributed by atoms with Crippen LogP contribution in [0, 0.1) is 0 Å². The molecular formula is C23H28N2O. The first kappa shape index (κ1) is 17.3. The molecule has 3 heteroatoms. The monoisotopic (exact) mass is 348 g/mol. The van der Waals surface area contributed by atoms with Crippen LogP contribution >= 0.6 is 0 Å². The second-order valence-electron chi connectivity index (χ2n) is 7.82. The van der Waals surface area contributed by atoms with E-state index in [9.17, 15) is 4.79 Å². The van der Waals surface area contributed by atoms with E-state index in [4.69, 9.17) is 0 Å². The molecule has 1 saturated heterocycles. The molecule has 1 aliphatic heterocycles. The highest BCUT2D eigenvalue weighted by molar-refractivity contribution is 5.77. The predicted octanol–water partition coefficient (Wildman–Crippen LogP) is 3.84. The van der Waals surface area contributed by atoms with Crippen molar-refractivity contribution < 1.29 is 4.79 Å². The van der Waals surface area contributed by atoms with Crippen LogP contribution in [0.15, 0.2) is 42.5 Å². The van der Waals surface area contributed by atoms with Gasteiger partial charge in [-0.05, 0) is 73.4 Å². The number of carbonyl (C=O) groups is 1. The molecule has 2 aromatic carbocycles. The number of hydrogen-bond acceptors (Lipinski definition) is 2. The molecule has 0 spiro atoms. The lowest BCUT2D eigenvalue weighted by Crippen LogP contribution is -2.46. The maximum absolute atomic E-state index is 12.2. The van der Waals surface area contributed by atoms with Crippen LogP contribution in [0.5, 0.6) is 0 Å². The van der Waals surface area contributed by atoms with E-state index in [1.165, 1.54) is 27.8 Å². The third-order valence-electron chi connectivity index (χ3n) is 5.72. The Balaban J connectivity index is 1.30. The molecule has 136 valence electrons. The van der Waals surface area contributed by atoms with E-state index in [1.54, 1.807) is 0 Å². The first-order valence-corrected chi connectivity index (χ1v) is 9.92. The molecule has 2 aliphatic rings. The van der Waals surface area contributed by atoms with Gasteiger partial charge in [-0.1, -0.05) is 42.5 Å². The number of nitrogens with one attached hydrogen (secondary N) is 2. The summed E-state index contributed by atoms with van der Waals surface area (Å²) >= 11 is 0. The van der Waals surface area contributed by atoms with Crippen molar-refractivity contribution in [3.8, 4) is 11.1 Å². The minimum Gasteiger partial charge on any atom is -0.353 e. The third-order valence-corrected chi connectivity index (χ3v) is 5.72. The van der Waals surface area contributed by atoms with Crippen molar-refractivity contribution in [2.45, 2.75) is 57.5 Å². The highest BCUT2D eigenvalue weighted by Crippen LogP contribution is 2.36. The lowest BCUT2D eigenvalue weighted by Gasteiger charge is -2.28. The maximum Gasteiger partial charge on any atom is 0.220 e. The third kappa shape index (κ3) is 3.83. The van der Waals surface area contributed by atoms with Gasteiger partial charge in [0.2, 0.25) is 5.91 Å². The van der Waals surface area contributed by atoms with Crippen molar-refractivity contribution in [3.05, 3.63) is 59.2 Å². The lowest BCUT2D eigenvalue weighted by molar-refractivity contribution is -0.122. The van der Waals surface area contributed by atoms with Gasteiger partial charge in [0.15, 0.2) is 0 Å². The van der Waals surface area contributed by atoms with E-state index in [1.807, 2.05) is 0 Å². The van der Waals surface area contributed by atoms with Crippen LogP contribution in [-0.2, 0) is 17.6 Å². The Morgan fingerprint density at radius 1 is 1.15 bits per heavy atom. The molecule has 0 radical (unpaired) electrons. The fourth-order valence-electron chi connectivity index (χ4n) is 4.34. The first-order chi connectivity index (χ1) is 12.7. The molecule has 2 unspecified atom stereocenters. The predicted molar refractivity (Wildman–Crippen MR) is 106 cm³/mol. The Labute approximate surface area is 156 Å². The zero-order valence-electron chi connectivity index (χ0n) is 15.6. The summed E-state index contributed by atoms with van der Waals surface area (Å²) in [6, 6.07) is 16.4. The molecular weight excluding hydrogens is 320 g/mol. The van der Waals surface area contributed by atoms with Crippen LogP contribution in [0.4, 0.5) is 0 Å². The highest BCUT2D eigenvalue weighted by atomic mass is 16.1. The molecule has 26 heavy (non-hydrogen) atoms. The van der Waals surface area contributed by atoms with Crippen molar-refractivity contribution in [1.29, 1.82) is 0 Å². The van der Waals surface area contributed by atoms with Crippen molar-refractivity contribution in [3.63, 3.8) is 0 Å².